The van der Waals surface area contributed by atoms with E-state index in [1.165, 1.54) is 11.3 Å². The highest BCUT2D eigenvalue weighted by molar-refractivity contribution is 7.11. The fourth-order valence-electron chi connectivity index (χ4n) is 4.79. The molecule has 8 heteroatoms. The van der Waals surface area contributed by atoms with E-state index in [4.69, 9.17) is 9.73 Å². The van der Waals surface area contributed by atoms with Gasteiger partial charge in [0.2, 0.25) is 0 Å². The monoisotopic (exact) mass is 517 g/mol. The molecule has 2 aromatic carbocycles. The van der Waals surface area contributed by atoms with Crippen LogP contribution in [0.1, 0.15) is 37.3 Å². The van der Waals surface area contributed by atoms with Gasteiger partial charge in [-0.3, -0.25) is 14.2 Å². The van der Waals surface area contributed by atoms with Crippen LogP contribution in [-0.4, -0.2) is 35.6 Å². The average molecular weight is 518 g/mol. The Morgan fingerprint density at radius 1 is 1.14 bits per heavy atom. The van der Waals surface area contributed by atoms with Crippen LogP contribution in [0.25, 0.3) is 16.8 Å². The van der Waals surface area contributed by atoms with Gasteiger partial charge in [0.15, 0.2) is 4.80 Å². The molecule has 36 heavy (non-hydrogen) atoms. The molecule has 3 heterocycles. The number of hydrogen-bond acceptors (Lipinski definition) is 6. The third-order valence-corrected chi connectivity index (χ3v) is 8.35. The third-order valence-electron chi connectivity index (χ3n) is 6.54. The molecule has 0 spiro atoms. The summed E-state index contributed by atoms with van der Waals surface area (Å²) < 4.78 is 8.10. The second-order valence-electron chi connectivity index (χ2n) is 8.48. The number of allylic oxidation sites excluding steroid dienone is 1. The molecule has 0 bridgehead atoms. The summed E-state index contributed by atoms with van der Waals surface area (Å²) in [4.78, 5) is 36.0. The fraction of sp³-hybridized carbons (Fsp3) is 0.250. The van der Waals surface area contributed by atoms with Gasteiger partial charge < -0.3 is 9.64 Å². The maximum atomic E-state index is 13.9. The first kappa shape index (κ1) is 24.2. The number of benzene rings is 2. The molecule has 4 aromatic rings. The van der Waals surface area contributed by atoms with E-state index < -0.39 is 6.04 Å². The summed E-state index contributed by atoms with van der Waals surface area (Å²) in [5.41, 5.74) is 1.76. The van der Waals surface area contributed by atoms with Crippen molar-refractivity contribution in [2.45, 2.75) is 26.8 Å². The number of nitrogens with zero attached hydrogens (tertiary/aromatic N) is 3. The number of thiazole rings is 1. The Morgan fingerprint density at radius 2 is 1.92 bits per heavy atom. The van der Waals surface area contributed by atoms with Crippen molar-refractivity contribution < 1.29 is 9.53 Å². The number of methoxy groups -OCH3 is 1. The summed E-state index contributed by atoms with van der Waals surface area (Å²) in [6.45, 7) is 6.91. The van der Waals surface area contributed by atoms with Crippen molar-refractivity contribution in [2.75, 3.05) is 20.2 Å². The molecule has 0 saturated heterocycles. The Labute approximate surface area is 217 Å². The number of carbonyl (C=O) groups excluding carboxylic acids is 1. The van der Waals surface area contributed by atoms with Crippen molar-refractivity contribution in [3.8, 4) is 5.75 Å². The summed E-state index contributed by atoms with van der Waals surface area (Å²) in [5.74, 6) is 0.514. The largest absolute Gasteiger partial charge is 0.496 e. The van der Waals surface area contributed by atoms with E-state index in [0.717, 1.165) is 21.2 Å². The van der Waals surface area contributed by atoms with Crippen LogP contribution >= 0.6 is 22.7 Å². The highest BCUT2D eigenvalue weighted by atomic mass is 32.1. The Bertz CT molecular complexity index is 1660. The summed E-state index contributed by atoms with van der Waals surface area (Å²) in [6, 6.07) is 15.2. The number of likely N-dealkylation sites (N-methyl/N-ethyl adjacent to an activating group) is 1. The molecule has 0 radical (unpaired) electrons. The van der Waals surface area contributed by atoms with E-state index in [1.54, 1.807) is 27.9 Å². The van der Waals surface area contributed by atoms with Gasteiger partial charge in [-0.1, -0.05) is 47.7 Å². The number of rotatable bonds is 6. The van der Waals surface area contributed by atoms with Crippen LogP contribution in [0.2, 0.25) is 0 Å². The summed E-state index contributed by atoms with van der Waals surface area (Å²) in [7, 11) is 1.62. The lowest BCUT2D eigenvalue weighted by Crippen LogP contribution is -2.43. The van der Waals surface area contributed by atoms with Gasteiger partial charge in [-0.2, -0.15) is 0 Å². The first-order valence-electron chi connectivity index (χ1n) is 11.9. The van der Waals surface area contributed by atoms with Crippen LogP contribution < -0.4 is 19.6 Å². The molecule has 2 aromatic heterocycles. The molecular weight excluding hydrogens is 490 g/mol. The molecule has 1 aliphatic heterocycles. The molecule has 6 nitrogen and oxygen atoms in total. The minimum Gasteiger partial charge on any atom is -0.496 e. The number of thiophene rings is 1. The lowest BCUT2D eigenvalue weighted by atomic mass is 9.90. The Morgan fingerprint density at radius 3 is 2.61 bits per heavy atom. The summed E-state index contributed by atoms with van der Waals surface area (Å²) >= 11 is 2.92. The van der Waals surface area contributed by atoms with E-state index in [9.17, 15) is 9.59 Å². The second kappa shape index (κ2) is 9.87. The summed E-state index contributed by atoms with van der Waals surface area (Å²) in [6.07, 6.45) is 1.90. The topological polar surface area (TPSA) is 63.9 Å². The Balaban J connectivity index is 1.87. The lowest BCUT2D eigenvalue weighted by Gasteiger charge is -2.30. The van der Waals surface area contributed by atoms with E-state index in [-0.39, 0.29) is 11.5 Å². The highest BCUT2D eigenvalue weighted by Crippen LogP contribution is 2.40. The van der Waals surface area contributed by atoms with Crippen LogP contribution in [0.15, 0.2) is 75.0 Å². The molecule has 5 rings (SSSR count). The molecule has 1 atom stereocenters. The minimum absolute atomic E-state index is 0.117. The number of ether oxygens (including phenoxy) is 1. The van der Waals surface area contributed by atoms with Crippen molar-refractivity contribution in [2.24, 2.45) is 4.99 Å². The van der Waals surface area contributed by atoms with Crippen LogP contribution in [0, 0.1) is 0 Å². The lowest BCUT2D eigenvalue weighted by molar-refractivity contribution is -0.127. The van der Waals surface area contributed by atoms with Crippen molar-refractivity contribution in [3.63, 3.8) is 0 Å². The van der Waals surface area contributed by atoms with Crippen LogP contribution in [0.4, 0.5) is 0 Å². The molecule has 0 fully saturated rings. The predicted octanol–water partition coefficient (Wildman–Crippen LogP) is 4.33. The zero-order valence-corrected chi connectivity index (χ0v) is 22.3. The van der Waals surface area contributed by atoms with Crippen molar-refractivity contribution in [1.29, 1.82) is 0 Å². The maximum absolute atomic E-state index is 13.9. The normalized spacial score (nSPS) is 15.7. The van der Waals surface area contributed by atoms with Crippen LogP contribution in [0.3, 0.4) is 0 Å². The second-order valence-corrected chi connectivity index (χ2v) is 10.5. The number of carbonyl (C=O) groups is 1. The average Bonchev–Trinajstić information content (AvgIpc) is 3.51. The number of fused-ring (bicyclic) bond motifs is 2. The Kier molecular flexibility index (Phi) is 6.64. The first-order chi connectivity index (χ1) is 17.5. The SMILES string of the molecule is CCN(CC)C(=O)C1=C(C)N=c2s/c(=C/c3cccs3)c(=O)n2[C@@H]1c1c(OC)ccc2ccccc12. The minimum atomic E-state index is -0.666. The van der Waals surface area contributed by atoms with E-state index in [0.29, 0.717) is 39.4 Å². The highest BCUT2D eigenvalue weighted by Gasteiger charge is 2.36. The van der Waals surface area contributed by atoms with Gasteiger partial charge in [-0.15, -0.1) is 11.3 Å². The van der Waals surface area contributed by atoms with Gasteiger partial charge >= 0.3 is 0 Å². The molecule has 0 N–H and O–H groups in total. The molecule has 0 aliphatic carbocycles. The van der Waals surface area contributed by atoms with Gasteiger partial charge in [0.1, 0.15) is 11.8 Å². The number of amides is 1. The quantitative estimate of drug-likeness (QED) is 0.383. The number of hydrogen-bond donors (Lipinski definition) is 0. The van der Waals surface area contributed by atoms with E-state index >= 15 is 0 Å². The van der Waals surface area contributed by atoms with Gasteiger partial charge in [0, 0.05) is 23.5 Å². The molecular formula is C28H27N3O3S2. The van der Waals surface area contributed by atoms with Crippen LogP contribution in [0.5, 0.6) is 5.75 Å². The smallest absolute Gasteiger partial charge is 0.271 e. The molecule has 184 valence electrons. The predicted molar refractivity (Wildman–Crippen MR) is 147 cm³/mol. The van der Waals surface area contributed by atoms with E-state index in [2.05, 4.69) is 0 Å². The van der Waals surface area contributed by atoms with Gasteiger partial charge in [0.05, 0.1) is 22.9 Å². The van der Waals surface area contributed by atoms with Gasteiger partial charge in [-0.25, -0.2) is 4.99 Å². The van der Waals surface area contributed by atoms with E-state index in [1.807, 2.05) is 80.8 Å². The van der Waals surface area contributed by atoms with Crippen molar-refractivity contribution in [1.82, 2.24) is 9.47 Å². The van der Waals surface area contributed by atoms with Crippen molar-refractivity contribution >= 4 is 45.4 Å². The third kappa shape index (κ3) is 4.00. The summed E-state index contributed by atoms with van der Waals surface area (Å²) in [5, 5.41) is 3.94. The molecule has 0 saturated carbocycles. The molecule has 1 aliphatic rings. The van der Waals surface area contributed by atoms with Gasteiger partial charge in [-0.05, 0) is 55.1 Å². The van der Waals surface area contributed by atoms with Gasteiger partial charge in [0.25, 0.3) is 11.5 Å². The zero-order chi connectivity index (χ0) is 25.4. The van der Waals surface area contributed by atoms with Crippen molar-refractivity contribution in [3.05, 3.63) is 95.3 Å². The maximum Gasteiger partial charge on any atom is 0.271 e. The zero-order valence-electron chi connectivity index (χ0n) is 20.6. The first-order valence-corrected chi connectivity index (χ1v) is 13.6. The molecule has 0 unspecified atom stereocenters. The fourth-order valence-corrected chi connectivity index (χ4v) is 6.56. The number of aromatic nitrogens is 1. The van der Waals surface area contributed by atoms with Crippen LogP contribution in [-0.2, 0) is 4.79 Å². The Hall–Kier alpha value is -3.49. The standard InChI is InChI=1S/C28H27N3O3S2/c1-5-30(6-2)27(33)23-17(3)29-28-31(26(32)22(36-28)16-19-11-9-15-35-19)25(23)24-20-12-8-7-10-18(20)13-14-21(24)34-4/h7-16,25H,5-6H2,1-4H3/b22-16+/t25-/m0/s1. The molecule has 1 amide bonds.